The van der Waals surface area contributed by atoms with Crippen LogP contribution in [0.1, 0.15) is 43.5 Å². The topological polar surface area (TPSA) is 38.0 Å². The Labute approximate surface area is 252 Å². The van der Waals surface area contributed by atoms with Gasteiger partial charge in [0.05, 0.1) is 0 Å². The molecule has 1 atom stereocenters. The average Bonchev–Trinajstić information content (AvgIpc) is 3.07. The number of hydrogen-bond donors (Lipinski definition) is 0. The fraction of sp³-hybridized carbons (Fsp3) is 0.0750. The van der Waals surface area contributed by atoms with Crippen LogP contribution in [-0.2, 0) is 6.54 Å². The second kappa shape index (κ2) is 12.6. The molecule has 5 aromatic carbocycles. The lowest BCUT2D eigenvalue weighted by atomic mass is 9.85. The van der Waals surface area contributed by atoms with Crippen molar-refractivity contribution in [3.8, 4) is 22.4 Å². The number of carbonyl (C=O) groups excluding carboxylic acids is 2. The van der Waals surface area contributed by atoms with Crippen LogP contribution in [0.15, 0.2) is 158 Å². The van der Waals surface area contributed by atoms with E-state index in [1.54, 1.807) is 12.1 Å². The summed E-state index contributed by atoms with van der Waals surface area (Å²) in [6.07, 6.45) is 0. The Morgan fingerprint density at radius 2 is 1.02 bits per heavy atom. The largest absolute Gasteiger partial charge is 0.293 e. The Bertz CT molecular complexity index is 1850. The van der Waals surface area contributed by atoms with Crippen molar-refractivity contribution in [1.29, 1.82) is 0 Å². The molecule has 0 amide bonds. The standard InChI is InChI=1S/C40H32NO2/c1-29-22-24-34(25-23-29)40(43)38(39(42)33-20-12-5-13-21-33)37-27-35(31-16-8-3-9-17-31)26-36(32-18-10-4-11-19-32)41(37)28-30-14-6-2-7-15-30/h2-27,38H,28H2,1H3/q+1. The normalized spacial score (nSPS) is 11.6. The molecule has 6 rings (SSSR count). The molecule has 0 saturated heterocycles. The predicted octanol–water partition coefficient (Wildman–Crippen LogP) is 8.51. The quantitative estimate of drug-likeness (QED) is 0.101. The lowest BCUT2D eigenvalue weighted by Crippen LogP contribution is -2.45. The molecule has 0 radical (unpaired) electrons. The van der Waals surface area contributed by atoms with Crippen molar-refractivity contribution in [1.82, 2.24) is 0 Å². The highest BCUT2D eigenvalue weighted by Crippen LogP contribution is 2.31. The molecule has 0 aliphatic heterocycles. The molecule has 1 unspecified atom stereocenters. The van der Waals surface area contributed by atoms with Crippen molar-refractivity contribution in [3.63, 3.8) is 0 Å². The molecule has 0 N–H and O–H groups in total. The number of aromatic nitrogens is 1. The molecule has 0 bridgehead atoms. The van der Waals surface area contributed by atoms with Gasteiger partial charge in [-0.3, -0.25) is 9.59 Å². The molecular weight excluding hydrogens is 526 g/mol. The minimum atomic E-state index is -1.06. The van der Waals surface area contributed by atoms with Crippen LogP contribution in [-0.4, -0.2) is 11.6 Å². The highest BCUT2D eigenvalue weighted by atomic mass is 16.2. The van der Waals surface area contributed by atoms with Gasteiger partial charge in [0.15, 0.2) is 24.0 Å². The first-order valence-electron chi connectivity index (χ1n) is 14.5. The molecule has 0 aliphatic rings. The number of ketones is 2. The second-order valence-electron chi connectivity index (χ2n) is 10.8. The van der Waals surface area contributed by atoms with E-state index in [0.717, 1.165) is 33.5 Å². The zero-order valence-corrected chi connectivity index (χ0v) is 24.1. The van der Waals surface area contributed by atoms with E-state index in [1.165, 1.54) is 0 Å². The van der Waals surface area contributed by atoms with Crippen molar-refractivity contribution in [3.05, 3.63) is 186 Å². The molecule has 0 fully saturated rings. The van der Waals surface area contributed by atoms with E-state index in [0.29, 0.717) is 23.4 Å². The molecule has 3 heteroatoms. The van der Waals surface area contributed by atoms with E-state index in [-0.39, 0.29) is 11.6 Å². The highest BCUT2D eigenvalue weighted by molar-refractivity contribution is 6.19. The summed E-state index contributed by atoms with van der Waals surface area (Å²) in [6.45, 7) is 2.49. The number of carbonyl (C=O) groups is 2. The average molecular weight is 559 g/mol. The third-order valence-electron chi connectivity index (χ3n) is 7.77. The number of hydrogen-bond acceptors (Lipinski definition) is 2. The van der Waals surface area contributed by atoms with Crippen molar-refractivity contribution >= 4 is 11.6 Å². The minimum absolute atomic E-state index is 0.222. The molecule has 43 heavy (non-hydrogen) atoms. The van der Waals surface area contributed by atoms with Crippen LogP contribution in [0.5, 0.6) is 0 Å². The summed E-state index contributed by atoms with van der Waals surface area (Å²) in [4.78, 5) is 29.0. The van der Waals surface area contributed by atoms with E-state index in [9.17, 15) is 9.59 Å². The van der Waals surface area contributed by atoms with Crippen LogP contribution in [0.3, 0.4) is 0 Å². The highest BCUT2D eigenvalue weighted by Gasteiger charge is 2.39. The van der Waals surface area contributed by atoms with Crippen molar-refractivity contribution in [2.24, 2.45) is 0 Å². The van der Waals surface area contributed by atoms with Gasteiger partial charge in [-0.1, -0.05) is 139 Å². The lowest BCUT2D eigenvalue weighted by Gasteiger charge is -2.19. The van der Waals surface area contributed by atoms with Gasteiger partial charge in [-0.05, 0) is 30.2 Å². The van der Waals surface area contributed by atoms with Crippen LogP contribution in [0.2, 0.25) is 0 Å². The Balaban J connectivity index is 1.66. The van der Waals surface area contributed by atoms with Crippen molar-refractivity contribution in [2.45, 2.75) is 19.4 Å². The summed E-state index contributed by atoms with van der Waals surface area (Å²) in [7, 11) is 0. The lowest BCUT2D eigenvalue weighted by molar-refractivity contribution is -0.684. The van der Waals surface area contributed by atoms with Gasteiger partial charge in [-0.2, -0.15) is 4.57 Å². The van der Waals surface area contributed by atoms with Gasteiger partial charge in [0, 0.05) is 34.4 Å². The maximum Gasteiger partial charge on any atom is 0.213 e. The van der Waals surface area contributed by atoms with Gasteiger partial charge in [0.1, 0.15) is 0 Å². The van der Waals surface area contributed by atoms with E-state index >= 15 is 0 Å². The first kappa shape index (κ1) is 27.7. The number of nitrogens with zero attached hydrogens (tertiary/aromatic N) is 1. The molecule has 208 valence electrons. The van der Waals surface area contributed by atoms with Crippen LogP contribution >= 0.6 is 0 Å². The fourth-order valence-corrected chi connectivity index (χ4v) is 5.51. The fourth-order valence-electron chi connectivity index (χ4n) is 5.51. The van der Waals surface area contributed by atoms with E-state index in [4.69, 9.17) is 0 Å². The van der Waals surface area contributed by atoms with E-state index in [2.05, 4.69) is 47.0 Å². The Hall–Kier alpha value is -5.41. The summed E-state index contributed by atoms with van der Waals surface area (Å²) in [5, 5.41) is 0. The molecular formula is C40H32NO2+. The van der Waals surface area contributed by atoms with Crippen LogP contribution in [0.4, 0.5) is 0 Å². The maximum atomic E-state index is 14.5. The first-order chi connectivity index (χ1) is 21.1. The van der Waals surface area contributed by atoms with Crippen LogP contribution in [0.25, 0.3) is 22.4 Å². The monoisotopic (exact) mass is 558 g/mol. The molecule has 0 spiro atoms. The SMILES string of the molecule is Cc1ccc(C(=O)C(C(=O)c2ccccc2)c2cc(-c3ccccc3)cc(-c3ccccc3)[n+]2Cc2ccccc2)cc1. The maximum absolute atomic E-state index is 14.5. The first-order valence-corrected chi connectivity index (χ1v) is 14.5. The Morgan fingerprint density at radius 3 is 1.60 bits per heavy atom. The van der Waals surface area contributed by atoms with Gasteiger partial charge in [0.2, 0.25) is 11.4 Å². The third kappa shape index (κ3) is 6.12. The zero-order valence-electron chi connectivity index (χ0n) is 24.1. The van der Waals surface area contributed by atoms with Gasteiger partial charge < -0.3 is 0 Å². The third-order valence-corrected chi connectivity index (χ3v) is 7.77. The summed E-state index contributed by atoms with van der Waals surface area (Å²) in [6, 6.07) is 51.3. The minimum Gasteiger partial charge on any atom is -0.293 e. The zero-order chi connectivity index (χ0) is 29.6. The van der Waals surface area contributed by atoms with Gasteiger partial charge in [-0.25, -0.2) is 0 Å². The predicted molar refractivity (Wildman–Crippen MR) is 172 cm³/mol. The number of rotatable bonds is 9. The van der Waals surface area contributed by atoms with Gasteiger partial charge in [-0.15, -0.1) is 0 Å². The Morgan fingerprint density at radius 1 is 0.535 bits per heavy atom. The Kier molecular flexibility index (Phi) is 8.15. The van der Waals surface area contributed by atoms with Gasteiger partial charge >= 0.3 is 0 Å². The number of Topliss-reactive ketones (excluding diaryl/α,β-unsaturated/α-hetero) is 2. The van der Waals surface area contributed by atoms with E-state index < -0.39 is 5.92 Å². The number of pyridine rings is 1. The number of benzene rings is 5. The molecule has 6 aromatic rings. The van der Waals surface area contributed by atoms with Crippen LogP contribution < -0.4 is 4.57 Å². The van der Waals surface area contributed by atoms with E-state index in [1.807, 2.05) is 110 Å². The summed E-state index contributed by atoms with van der Waals surface area (Å²) >= 11 is 0. The summed E-state index contributed by atoms with van der Waals surface area (Å²) < 4.78 is 2.15. The van der Waals surface area contributed by atoms with Crippen molar-refractivity contribution in [2.75, 3.05) is 0 Å². The molecule has 0 saturated carbocycles. The molecule has 0 aliphatic carbocycles. The van der Waals surface area contributed by atoms with Gasteiger partial charge in [0.25, 0.3) is 0 Å². The second-order valence-corrected chi connectivity index (χ2v) is 10.8. The smallest absolute Gasteiger partial charge is 0.213 e. The van der Waals surface area contributed by atoms with Crippen molar-refractivity contribution < 1.29 is 14.2 Å². The summed E-state index contributed by atoms with van der Waals surface area (Å²) in [5.74, 6) is -1.50. The molecule has 3 nitrogen and oxygen atoms in total. The number of aryl methyl sites for hydroxylation is 1. The molecule has 1 heterocycles. The summed E-state index contributed by atoms with van der Waals surface area (Å²) in [5.41, 5.74) is 7.70. The molecule has 1 aromatic heterocycles. The van der Waals surface area contributed by atoms with Crippen LogP contribution in [0, 0.1) is 6.92 Å².